The summed E-state index contributed by atoms with van der Waals surface area (Å²) in [6.45, 7) is 0. The van der Waals surface area contributed by atoms with Crippen LogP contribution in [-0.2, 0) is 15.1 Å². The van der Waals surface area contributed by atoms with Crippen molar-refractivity contribution in [3.63, 3.8) is 0 Å². The van der Waals surface area contributed by atoms with E-state index >= 15 is 0 Å². The third-order valence-corrected chi connectivity index (χ3v) is 4.08. The van der Waals surface area contributed by atoms with E-state index in [0.29, 0.717) is 22.4 Å². The zero-order valence-corrected chi connectivity index (χ0v) is 11.1. The SMILES string of the molecule is CN1C(=O)C2(OC(=O)c3ccccc32)c2cc(F)ccc21. The van der Waals surface area contributed by atoms with Crippen molar-refractivity contribution >= 4 is 17.6 Å². The van der Waals surface area contributed by atoms with Gasteiger partial charge in [0.05, 0.1) is 11.3 Å². The summed E-state index contributed by atoms with van der Waals surface area (Å²) < 4.78 is 19.1. The molecule has 4 nitrogen and oxygen atoms in total. The van der Waals surface area contributed by atoms with Crippen LogP contribution in [0, 0.1) is 5.82 Å². The van der Waals surface area contributed by atoms with E-state index in [-0.39, 0.29) is 5.91 Å². The van der Waals surface area contributed by atoms with Crippen LogP contribution in [0.5, 0.6) is 0 Å². The molecule has 2 aromatic carbocycles. The van der Waals surface area contributed by atoms with Gasteiger partial charge in [-0.2, -0.15) is 0 Å². The number of ether oxygens (including phenoxy) is 1. The zero-order chi connectivity index (χ0) is 14.8. The van der Waals surface area contributed by atoms with Crippen molar-refractivity contribution in [2.75, 3.05) is 11.9 Å². The molecule has 0 N–H and O–H groups in total. The van der Waals surface area contributed by atoms with Gasteiger partial charge in [0.2, 0.25) is 5.60 Å². The van der Waals surface area contributed by atoms with Gasteiger partial charge in [0.15, 0.2) is 0 Å². The summed E-state index contributed by atoms with van der Waals surface area (Å²) in [5.74, 6) is -1.43. The van der Waals surface area contributed by atoms with E-state index in [9.17, 15) is 14.0 Å². The van der Waals surface area contributed by atoms with Crippen molar-refractivity contribution in [1.29, 1.82) is 0 Å². The van der Waals surface area contributed by atoms with Crippen LogP contribution in [-0.4, -0.2) is 18.9 Å². The number of esters is 1. The fourth-order valence-electron chi connectivity index (χ4n) is 3.12. The molecule has 0 radical (unpaired) electrons. The Bertz CT molecular complexity index is 817. The summed E-state index contributed by atoms with van der Waals surface area (Å²) in [5.41, 5.74) is 0.173. The molecule has 4 rings (SSSR count). The lowest BCUT2D eigenvalue weighted by atomic mass is 9.86. The van der Waals surface area contributed by atoms with Crippen molar-refractivity contribution in [2.45, 2.75) is 5.60 Å². The molecule has 0 fully saturated rings. The second kappa shape index (κ2) is 3.69. The Morgan fingerprint density at radius 2 is 1.86 bits per heavy atom. The standard InChI is InChI=1S/C16H10FNO3/c1-18-13-7-6-9(17)8-12(13)16(15(18)20)11-5-3-2-4-10(11)14(19)21-16/h2-8H,1H3. The summed E-state index contributed by atoms with van der Waals surface area (Å²) >= 11 is 0. The molecule has 1 atom stereocenters. The van der Waals surface area contributed by atoms with Gasteiger partial charge in [-0.05, 0) is 24.3 Å². The van der Waals surface area contributed by atoms with E-state index in [1.165, 1.54) is 23.1 Å². The minimum atomic E-state index is -1.56. The van der Waals surface area contributed by atoms with Crippen molar-refractivity contribution < 1.29 is 18.7 Å². The number of anilines is 1. The van der Waals surface area contributed by atoms with E-state index in [4.69, 9.17) is 4.74 Å². The Hall–Kier alpha value is -2.69. The van der Waals surface area contributed by atoms with E-state index in [0.717, 1.165) is 0 Å². The molecule has 2 aliphatic rings. The average molecular weight is 283 g/mol. The first kappa shape index (κ1) is 12.1. The van der Waals surface area contributed by atoms with E-state index in [1.54, 1.807) is 31.3 Å². The normalized spacial score (nSPS) is 22.5. The molecule has 2 aliphatic heterocycles. The lowest BCUT2D eigenvalue weighted by molar-refractivity contribution is -0.131. The molecule has 0 aromatic heterocycles. The van der Waals surface area contributed by atoms with Gasteiger partial charge in [0.25, 0.3) is 5.91 Å². The van der Waals surface area contributed by atoms with Crippen LogP contribution in [0.3, 0.4) is 0 Å². The molecule has 0 saturated carbocycles. The largest absolute Gasteiger partial charge is 0.435 e. The number of carbonyl (C=O) groups is 2. The van der Waals surface area contributed by atoms with Crippen LogP contribution in [0.1, 0.15) is 21.5 Å². The maximum absolute atomic E-state index is 13.7. The third kappa shape index (κ3) is 1.28. The van der Waals surface area contributed by atoms with Crippen molar-refractivity contribution in [3.05, 3.63) is 65.0 Å². The number of nitrogens with zero attached hydrogens (tertiary/aromatic N) is 1. The predicted octanol–water partition coefficient (Wildman–Crippen LogP) is 2.22. The van der Waals surface area contributed by atoms with E-state index < -0.39 is 17.4 Å². The average Bonchev–Trinajstić information content (AvgIpc) is 2.90. The van der Waals surface area contributed by atoms with Gasteiger partial charge in [-0.15, -0.1) is 0 Å². The van der Waals surface area contributed by atoms with Crippen LogP contribution in [0.4, 0.5) is 10.1 Å². The number of hydrogen-bond acceptors (Lipinski definition) is 3. The van der Waals surface area contributed by atoms with E-state index in [2.05, 4.69) is 0 Å². The number of amides is 1. The van der Waals surface area contributed by atoms with Gasteiger partial charge in [0, 0.05) is 18.2 Å². The maximum atomic E-state index is 13.7. The summed E-state index contributed by atoms with van der Waals surface area (Å²) in [6, 6.07) is 10.8. The second-order valence-corrected chi connectivity index (χ2v) is 5.14. The predicted molar refractivity (Wildman–Crippen MR) is 72.4 cm³/mol. The molecule has 1 spiro atoms. The monoisotopic (exact) mass is 283 g/mol. The van der Waals surface area contributed by atoms with Gasteiger partial charge >= 0.3 is 5.97 Å². The Morgan fingerprint density at radius 1 is 1.10 bits per heavy atom. The molecule has 5 heteroatoms. The lowest BCUT2D eigenvalue weighted by Gasteiger charge is -2.22. The number of fused-ring (bicyclic) bond motifs is 4. The number of likely N-dealkylation sites (N-methyl/N-ethyl adjacent to an activating group) is 1. The van der Waals surface area contributed by atoms with Gasteiger partial charge in [-0.1, -0.05) is 18.2 Å². The molecule has 0 saturated heterocycles. The Kier molecular flexibility index (Phi) is 2.12. The van der Waals surface area contributed by atoms with Gasteiger partial charge < -0.3 is 9.64 Å². The van der Waals surface area contributed by atoms with Gasteiger partial charge in [0.1, 0.15) is 5.82 Å². The molecule has 104 valence electrons. The van der Waals surface area contributed by atoms with E-state index in [1.807, 2.05) is 0 Å². The minimum absolute atomic E-state index is 0.344. The molecule has 1 amide bonds. The number of carbonyl (C=O) groups excluding carboxylic acids is 2. The fourth-order valence-corrected chi connectivity index (χ4v) is 3.12. The molecule has 2 heterocycles. The van der Waals surface area contributed by atoms with Crippen LogP contribution in [0.15, 0.2) is 42.5 Å². The highest BCUT2D eigenvalue weighted by molar-refractivity contribution is 6.14. The van der Waals surface area contributed by atoms with Crippen LogP contribution < -0.4 is 4.90 Å². The Balaban J connectivity index is 2.09. The maximum Gasteiger partial charge on any atom is 0.340 e. The topological polar surface area (TPSA) is 46.6 Å². The highest BCUT2D eigenvalue weighted by atomic mass is 19.1. The summed E-state index contributed by atoms with van der Waals surface area (Å²) in [6.07, 6.45) is 0. The van der Waals surface area contributed by atoms with Gasteiger partial charge in [-0.3, -0.25) is 4.79 Å². The second-order valence-electron chi connectivity index (χ2n) is 5.14. The number of benzene rings is 2. The van der Waals surface area contributed by atoms with Gasteiger partial charge in [-0.25, -0.2) is 9.18 Å². The number of halogens is 1. The molecule has 0 aliphatic carbocycles. The molecule has 21 heavy (non-hydrogen) atoms. The molecule has 0 bridgehead atoms. The summed E-state index contributed by atoms with van der Waals surface area (Å²) in [7, 11) is 1.59. The van der Waals surface area contributed by atoms with Crippen LogP contribution in [0.2, 0.25) is 0 Å². The summed E-state index contributed by atoms with van der Waals surface area (Å²) in [5, 5.41) is 0. The summed E-state index contributed by atoms with van der Waals surface area (Å²) in [4.78, 5) is 26.2. The lowest BCUT2D eigenvalue weighted by Crippen LogP contribution is -2.39. The number of rotatable bonds is 0. The smallest absolute Gasteiger partial charge is 0.340 e. The Morgan fingerprint density at radius 3 is 2.67 bits per heavy atom. The molecular formula is C16H10FNO3. The fraction of sp³-hybridized carbons (Fsp3) is 0.125. The highest BCUT2D eigenvalue weighted by Crippen LogP contribution is 2.51. The van der Waals surface area contributed by atoms with Crippen molar-refractivity contribution in [2.24, 2.45) is 0 Å². The number of hydrogen-bond donors (Lipinski definition) is 0. The Labute approximate surface area is 119 Å². The molecule has 2 aromatic rings. The van der Waals surface area contributed by atoms with Crippen LogP contribution in [0.25, 0.3) is 0 Å². The third-order valence-electron chi connectivity index (χ3n) is 4.08. The molecule has 1 unspecified atom stereocenters. The first-order valence-electron chi connectivity index (χ1n) is 6.47. The van der Waals surface area contributed by atoms with Crippen molar-refractivity contribution in [1.82, 2.24) is 0 Å². The minimum Gasteiger partial charge on any atom is -0.435 e. The first-order valence-corrected chi connectivity index (χ1v) is 6.47. The quantitative estimate of drug-likeness (QED) is 0.696. The first-order chi connectivity index (χ1) is 10.1. The highest BCUT2D eigenvalue weighted by Gasteiger charge is 2.59. The zero-order valence-electron chi connectivity index (χ0n) is 11.1. The molecular weight excluding hydrogens is 273 g/mol. The van der Waals surface area contributed by atoms with Crippen molar-refractivity contribution in [3.8, 4) is 0 Å². The van der Waals surface area contributed by atoms with Crippen LogP contribution >= 0.6 is 0 Å².